The van der Waals surface area contributed by atoms with Crippen LogP contribution in [0.2, 0.25) is 0 Å². The summed E-state index contributed by atoms with van der Waals surface area (Å²) >= 11 is 0. The first-order chi connectivity index (χ1) is 13.7. The molecule has 0 atom stereocenters. The van der Waals surface area contributed by atoms with Crippen LogP contribution in [0.15, 0.2) is 40.5 Å². The molecule has 3 N–H and O–H groups in total. The monoisotopic (exact) mass is 399 g/mol. The van der Waals surface area contributed by atoms with Crippen LogP contribution in [0.5, 0.6) is 11.5 Å². The molecule has 152 valence electrons. The van der Waals surface area contributed by atoms with Gasteiger partial charge in [-0.15, -0.1) is 0 Å². The van der Waals surface area contributed by atoms with Crippen molar-refractivity contribution in [2.24, 2.45) is 15.9 Å². The largest absolute Gasteiger partial charge is 0.503 e. The number of phenolic OH excluding ortho intramolecular Hbond substituents is 1. The number of nitrogens with zero attached hydrogens (tertiary/aromatic N) is 3. The van der Waals surface area contributed by atoms with Crippen molar-refractivity contribution in [3.63, 3.8) is 0 Å². The molecule has 9 heteroatoms. The summed E-state index contributed by atoms with van der Waals surface area (Å²) in [6.07, 6.45) is 4.51. The molecule has 0 amide bonds. The maximum atomic E-state index is 10.2. The Morgan fingerprint density at radius 2 is 1.90 bits per heavy atom. The number of carboxylic acids is 2. The summed E-state index contributed by atoms with van der Waals surface area (Å²) in [6, 6.07) is 3.67. The number of hydrogen-bond acceptors (Lipinski definition) is 7. The van der Waals surface area contributed by atoms with Gasteiger partial charge in [0.1, 0.15) is 11.4 Å². The van der Waals surface area contributed by atoms with E-state index in [0.29, 0.717) is 29.5 Å². The predicted molar refractivity (Wildman–Crippen MR) is 109 cm³/mol. The van der Waals surface area contributed by atoms with Gasteiger partial charge in [-0.3, -0.25) is 9.98 Å². The van der Waals surface area contributed by atoms with Crippen molar-refractivity contribution in [1.82, 2.24) is 4.98 Å². The first kappa shape index (κ1) is 21.5. The summed E-state index contributed by atoms with van der Waals surface area (Å²) in [7, 11) is 1.53. The van der Waals surface area contributed by atoms with Gasteiger partial charge in [-0.1, -0.05) is 13.8 Å². The molecule has 0 aliphatic carbocycles. The topological polar surface area (TPSA) is 142 Å². The Morgan fingerprint density at radius 3 is 2.45 bits per heavy atom. The summed E-state index contributed by atoms with van der Waals surface area (Å²) < 4.78 is 5.19. The van der Waals surface area contributed by atoms with Gasteiger partial charge in [-0.25, -0.2) is 14.6 Å². The van der Waals surface area contributed by atoms with E-state index in [1.807, 2.05) is 6.07 Å². The van der Waals surface area contributed by atoms with E-state index in [4.69, 9.17) is 14.9 Å². The number of aromatic nitrogens is 1. The van der Waals surface area contributed by atoms with E-state index < -0.39 is 11.9 Å². The summed E-state index contributed by atoms with van der Waals surface area (Å²) in [4.78, 5) is 32.5. The molecular formula is C20H21N3O6. The minimum atomic E-state index is -1.26. The highest BCUT2D eigenvalue weighted by Gasteiger charge is 2.21. The van der Waals surface area contributed by atoms with E-state index in [9.17, 15) is 14.7 Å². The minimum Gasteiger partial charge on any atom is -0.503 e. The number of pyridine rings is 1. The average Bonchev–Trinajstić information content (AvgIpc) is 2.68. The third-order valence-electron chi connectivity index (χ3n) is 3.74. The van der Waals surface area contributed by atoms with Gasteiger partial charge in [0.2, 0.25) is 0 Å². The second kappa shape index (κ2) is 9.45. The lowest BCUT2D eigenvalue weighted by Gasteiger charge is -2.16. The summed E-state index contributed by atoms with van der Waals surface area (Å²) in [5.74, 6) is -1.59. The van der Waals surface area contributed by atoms with Crippen LogP contribution in [0, 0.1) is 5.92 Å². The predicted octanol–water partition coefficient (Wildman–Crippen LogP) is 2.82. The number of hydrogen-bond donors (Lipinski definition) is 3. The van der Waals surface area contributed by atoms with Crippen molar-refractivity contribution < 1.29 is 29.6 Å². The van der Waals surface area contributed by atoms with E-state index in [1.165, 1.54) is 7.11 Å². The summed E-state index contributed by atoms with van der Waals surface area (Å²) in [6.45, 7) is 4.95. The van der Waals surface area contributed by atoms with Crippen LogP contribution < -0.4 is 4.74 Å². The Kier molecular flexibility index (Phi) is 7.02. The summed E-state index contributed by atoms with van der Waals surface area (Å²) in [5.41, 5.74) is 2.01. The lowest BCUT2D eigenvalue weighted by Crippen LogP contribution is -2.11. The highest BCUT2D eigenvalue weighted by molar-refractivity contribution is 6.43. The maximum Gasteiger partial charge on any atom is 0.328 e. The van der Waals surface area contributed by atoms with Crippen LogP contribution in [0.1, 0.15) is 19.5 Å². The average molecular weight is 399 g/mol. The maximum absolute atomic E-state index is 10.2. The quantitative estimate of drug-likeness (QED) is 0.656. The number of ether oxygens (including phenoxy) is 1. The van der Waals surface area contributed by atoms with Gasteiger partial charge < -0.3 is 20.1 Å². The smallest absolute Gasteiger partial charge is 0.328 e. The zero-order chi connectivity index (χ0) is 21.6. The molecule has 1 aliphatic heterocycles. The SMILES string of the molecule is COc1cc2ccnc3c2c(c1O)N=CC3=NCC(C)C.O=C(O)/C=C/C(=O)O. The number of carbonyl (C=O) groups is 2. The number of aliphatic imine (C=N–C) groups is 2. The van der Waals surface area contributed by atoms with Crippen LogP contribution in [0.3, 0.4) is 0 Å². The fraction of sp³-hybridized carbons (Fsp3) is 0.250. The minimum absolute atomic E-state index is 0.0402. The van der Waals surface area contributed by atoms with E-state index in [1.54, 1.807) is 18.5 Å². The molecule has 2 aromatic rings. The molecule has 0 unspecified atom stereocenters. The Bertz CT molecular complexity index is 1010. The Hall–Kier alpha value is -3.75. The molecule has 2 heterocycles. The fourth-order valence-corrected chi connectivity index (χ4v) is 2.49. The Balaban J connectivity index is 0.000000321. The number of carboxylic acid groups (broad SMARTS) is 2. The van der Waals surface area contributed by atoms with Crippen molar-refractivity contribution in [3.05, 3.63) is 36.2 Å². The number of rotatable bonds is 5. The van der Waals surface area contributed by atoms with Crippen molar-refractivity contribution in [2.45, 2.75) is 13.8 Å². The van der Waals surface area contributed by atoms with Crippen molar-refractivity contribution in [2.75, 3.05) is 13.7 Å². The molecular weight excluding hydrogens is 378 g/mol. The third kappa shape index (κ3) is 5.38. The molecule has 0 saturated carbocycles. The molecule has 1 aromatic carbocycles. The highest BCUT2D eigenvalue weighted by Crippen LogP contribution is 2.44. The van der Waals surface area contributed by atoms with E-state index in [0.717, 1.165) is 28.7 Å². The molecule has 0 saturated heterocycles. The van der Waals surface area contributed by atoms with Crippen molar-refractivity contribution >= 4 is 40.3 Å². The number of benzene rings is 1. The lowest BCUT2D eigenvalue weighted by molar-refractivity contribution is -0.134. The standard InChI is InChI=1S/C16H17N3O2.C4H4O4/c1-9(2)7-18-11-8-19-15-13-10(4-5-17-14(11)13)6-12(21-3)16(15)20;5-3(6)1-2-4(7)8/h4-6,8-9,20H,7H2,1-3H3;1-2H,(H,5,6)(H,7,8)/b;2-1+. The number of aliphatic carboxylic acids is 2. The van der Waals surface area contributed by atoms with Crippen molar-refractivity contribution in [1.29, 1.82) is 0 Å². The summed E-state index contributed by atoms with van der Waals surface area (Å²) in [5, 5.41) is 27.6. The number of aromatic hydroxyl groups is 1. The normalized spacial score (nSPS) is 13.6. The lowest BCUT2D eigenvalue weighted by atomic mass is 10.0. The van der Waals surface area contributed by atoms with Crippen LogP contribution in [0.4, 0.5) is 5.69 Å². The Labute approximate surface area is 166 Å². The van der Waals surface area contributed by atoms with Crippen molar-refractivity contribution in [3.8, 4) is 11.5 Å². The molecule has 0 radical (unpaired) electrons. The van der Waals surface area contributed by atoms with E-state index >= 15 is 0 Å². The molecule has 0 bridgehead atoms. The second-order valence-electron chi connectivity index (χ2n) is 6.42. The zero-order valence-electron chi connectivity index (χ0n) is 16.2. The van der Waals surface area contributed by atoms with Gasteiger partial charge in [0, 0.05) is 30.3 Å². The number of methoxy groups -OCH3 is 1. The fourth-order valence-electron chi connectivity index (χ4n) is 2.49. The molecule has 0 fully saturated rings. The first-order valence-electron chi connectivity index (χ1n) is 8.66. The van der Waals surface area contributed by atoms with Gasteiger partial charge in [0.15, 0.2) is 11.5 Å². The molecule has 0 spiro atoms. The van der Waals surface area contributed by atoms with Gasteiger partial charge in [0.05, 0.1) is 19.0 Å². The molecule has 29 heavy (non-hydrogen) atoms. The Morgan fingerprint density at radius 1 is 1.24 bits per heavy atom. The van der Waals surface area contributed by atoms with Gasteiger partial charge in [0.25, 0.3) is 0 Å². The second-order valence-corrected chi connectivity index (χ2v) is 6.42. The van der Waals surface area contributed by atoms with E-state index in [2.05, 4.69) is 28.8 Å². The van der Waals surface area contributed by atoms with E-state index in [-0.39, 0.29) is 5.75 Å². The third-order valence-corrected chi connectivity index (χ3v) is 3.74. The van der Waals surface area contributed by atoms with Crippen LogP contribution in [0.25, 0.3) is 10.8 Å². The highest BCUT2D eigenvalue weighted by atomic mass is 16.5. The molecule has 1 aromatic heterocycles. The van der Waals surface area contributed by atoms with Gasteiger partial charge in [-0.05, 0) is 23.4 Å². The van der Waals surface area contributed by atoms with Crippen LogP contribution in [-0.2, 0) is 9.59 Å². The van der Waals surface area contributed by atoms with Crippen LogP contribution in [-0.4, -0.2) is 57.8 Å². The molecule has 9 nitrogen and oxygen atoms in total. The van der Waals surface area contributed by atoms with Crippen LogP contribution >= 0.6 is 0 Å². The first-order valence-corrected chi connectivity index (χ1v) is 8.66. The molecule has 3 rings (SSSR count). The molecule has 1 aliphatic rings. The zero-order valence-corrected chi connectivity index (χ0v) is 16.2. The van der Waals surface area contributed by atoms with Gasteiger partial charge in [-0.2, -0.15) is 0 Å². The van der Waals surface area contributed by atoms with Gasteiger partial charge >= 0.3 is 11.9 Å². The number of phenols is 1.